The Morgan fingerprint density at radius 1 is 0.957 bits per heavy atom. The van der Waals surface area contributed by atoms with Gasteiger partial charge in [0.1, 0.15) is 18.1 Å². The molecule has 1 saturated heterocycles. The minimum Gasteiger partial charge on any atom is -0.449 e. The highest BCUT2D eigenvalue weighted by molar-refractivity contribution is 6.38. The summed E-state index contributed by atoms with van der Waals surface area (Å²) in [7, 11) is 0. The predicted octanol–water partition coefficient (Wildman–Crippen LogP) is 2.58. The molecule has 1 aromatic carbocycles. The number of ketones is 2. The number of ether oxygens (including phenoxy) is 1. The van der Waals surface area contributed by atoms with Gasteiger partial charge in [-0.2, -0.15) is 0 Å². The summed E-state index contributed by atoms with van der Waals surface area (Å²) in [5, 5.41) is 10.2. The number of carbonyl (C=O) groups is 7. The first-order chi connectivity index (χ1) is 22.0. The molecule has 5 unspecified atom stereocenters. The molecule has 260 valence electrons. The maximum Gasteiger partial charge on any atom is 0.407 e. The van der Waals surface area contributed by atoms with Crippen molar-refractivity contribution in [1.29, 1.82) is 0 Å². The summed E-state index contributed by atoms with van der Waals surface area (Å²) in [6.07, 6.45) is 0.718. The van der Waals surface area contributed by atoms with Crippen molar-refractivity contribution in [3.8, 4) is 0 Å². The van der Waals surface area contributed by atoms with Gasteiger partial charge in [0.05, 0.1) is 19.2 Å². The summed E-state index contributed by atoms with van der Waals surface area (Å²) in [6.45, 7) is 13.7. The fourth-order valence-electron chi connectivity index (χ4n) is 5.32. The molecule has 0 aromatic heterocycles. The van der Waals surface area contributed by atoms with E-state index in [1.54, 1.807) is 58.0 Å². The van der Waals surface area contributed by atoms with Crippen LogP contribution in [0.25, 0.3) is 0 Å². The third-order valence-corrected chi connectivity index (χ3v) is 7.84. The number of Topliss-reactive ketones (excluding diaryl/α,β-unsaturated/α-hetero) is 2. The van der Waals surface area contributed by atoms with Crippen LogP contribution in [0.5, 0.6) is 0 Å². The van der Waals surface area contributed by atoms with E-state index in [9.17, 15) is 33.6 Å². The third kappa shape index (κ3) is 11.5. The third-order valence-electron chi connectivity index (χ3n) is 7.84. The Morgan fingerprint density at radius 2 is 1.60 bits per heavy atom. The van der Waals surface area contributed by atoms with Gasteiger partial charge in [-0.1, -0.05) is 78.3 Å². The summed E-state index contributed by atoms with van der Waals surface area (Å²) in [6, 6.07) is 4.25. The number of nitrogens with one attached hydrogen (secondary N) is 4. The zero-order chi connectivity index (χ0) is 35.5. The Hall–Kier alpha value is -4.29. The SMILES string of the molecule is CCCC(NC(=O)C1CCC(C)N1C(=O)C(NC(=O)OCC(C)C)C(C)(C)C)C(=O)C(=O)NCC(=O)NC(C(C)=O)c1ccccc1. The Kier molecular flexibility index (Phi) is 14.5. The van der Waals surface area contributed by atoms with Crippen molar-refractivity contribution in [2.45, 2.75) is 111 Å². The molecule has 1 aromatic rings. The number of hydrogen-bond acceptors (Lipinski definition) is 8. The Labute approximate surface area is 277 Å². The highest BCUT2D eigenvalue weighted by Gasteiger charge is 2.45. The number of carbonyl (C=O) groups excluding carboxylic acids is 7. The van der Waals surface area contributed by atoms with Gasteiger partial charge in [-0.25, -0.2) is 4.79 Å². The molecule has 0 spiro atoms. The van der Waals surface area contributed by atoms with Gasteiger partial charge in [-0.05, 0) is 50.0 Å². The first kappa shape index (κ1) is 38.9. The second-order valence-corrected chi connectivity index (χ2v) is 13.5. The Morgan fingerprint density at radius 3 is 2.15 bits per heavy atom. The molecule has 1 heterocycles. The lowest BCUT2D eigenvalue weighted by molar-refractivity contribution is -0.145. The van der Waals surface area contributed by atoms with Crippen LogP contribution in [0.15, 0.2) is 30.3 Å². The van der Waals surface area contributed by atoms with E-state index in [0.717, 1.165) is 0 Å². The average Bonchev–Trinajstić information content (AvgIpc) is 3.40. The summed E-state index contributed by atoms with van der Waals surface area (Å²) in [5.74, 6) is -3.92. The van der Waals surface area contributed by atoms with Crippen molar-refractivity contribution in [2.24, 2.45) is 11.3 Å². The highest BCUT2D eigenvalue weighted by atomic mass is 16.5. The van der Waals surface area contributed by atoms with E-state index >= 15 is 0 Å². The van der Waals surface area contributed by atoms with Gasteiger partial charge in [0.2, 0.25) is 23.5 Å². The van der Waals surface area contributed by atoms with Crippen molar-refractivity contribution in [1.82, 2.24) is 26.2 Å². The van der Waals surface area contributed by atoms with Crippen molar-refractivity contribution in [2.75, 3.05) is 13.2 Å². The van der Waals surface area contributed by atoms with Gasteiger partial charge in [-0.15, -0.1) is 0 Å². The molecule has 0 saturated carbocycles. The van der Waals surface area contributed by atoms with Crippen LogP contribution in [0.3, 0.4) is 0 Å². The number of likely N-dealkylation sites (tertiary alicyclic amines) is 1. The minimum atomic E-state index is -1.19. The van der Waals surface area contributed by atoms with E-state index in [-0.39, 0.29) is 30.8 Å². The molecule has 13 heteroatoms. The van der Waals surface area contributed by atoms with Gasteiger partial charge >= 0.3 is 6.09 Å². The van der Waals surface area contributed by atoms with E-state index in [1.165, 1.54) is 11.8 Å². The van der Waals surface area contributed by atoms with Crippen LogP contribution in [0, 0.1) is 11.3 Å². The van der Waals surface area contributed by atoms with Gasteiger partial charge < -0.3 is 30.9 Å². The summed E-state index contributed by atoms with van der Waals surface area (Å²) >= 11 is 0. The number of nitrogens with zero attached hydrogens (tertiary/aromatic N) is 1. The van der Waals surface area contributed by atoms with Gasteiger partial charge in [-0.3, -0.25) is 28.8 Å². The second kappa shape index (κ2) is 17.6. The Bertz CT molecular complexity index is 1290. The quantitative estimate of drug-likeness (QED) is 0.208. The first-order valence-corrected chi connectivity index (χ1v) is 16.2. The Balaban J connectivity index is 2.10. The highest BCUT2D eigenvalue weighted by Crippen LogP contribution is 2.29. The lowest BCUT2D eigenvalue weighted by atomic mass is 9.85. The smallest absolute Gasteiger partial charge is 0.407 e. The zero-order valence-corrected chi connectivity index (χ0v) is 28.8. The van der Waals surface area contributed by atoms with Crippen LogP contribution in [-0.2, 0) is 33.5 Å². The van der Waals surface area contributed by atoms with Crippen LogP contribution in [0.4, 0.5) is 4.79 Å². The number of benzene rings is 1. The average molecular weight is 658 g/mol. The molecule has 13 nitrogen and oxygen atoms in total. The number of alkyl carbamates (subject to hydrolysis) is 1. The van der Waals surface area contributed by atoms with Crippen LogP contribution in [0.2, 0.25) is 0 Å². The molecule has 0 bridgehead atoms. The van der Waals surface area contributed by atoms with Crippen LogP contribution in [-0.4, -0.2) is 83.5 Å². The predicted molar refractivity (Wildman–Crippen MR) is 175 cm³/mol. The van der Waals surface area contributed by atoms with E-state index in [4.69, 9.17) is 4.74 Å². The van der Waals surface area contributed by atoms with Crippen LogP contribution >= 0.6 is 0 Å². The normalized spacial score (nSPS) is 18.0. The van der Waals surface area contributed by atoms with E-state index in [2.05, 4.69) is 21.3 Å². The molecule has 2 rings (SSSR count). The van der Waals surface area contributed by atoms with Gasteiger partial charge in [0.15, 0.2) is 5.78 Å². The number of hydrogen-bond donors (Lipinski definition) is 4. The fourth-order valence-corrected chi connectivity index (χ4v) is 5.32. The van der Waals surface area contributed by atoms with Crippen LogP contribution < -0.4 is 21.3 Å². The minimum absolute atomic E-state index is 0.105. The maximum atomic E-state index is 13.9. The number of rotatable bonds is 15. The van der Waals surface area contributed by atoms with Crippen LogP contribution in [0.1, 0.15) is 92.7 Å². The molecule has 5 amide bonds. The van der Waals surface area contributed by atoms with Crippen molar-refractivity contribution in [3.05, 3.63) is 35.9 Å². The molecular weight excluding hydrogens is 606 g/mol. The lowest BCUT2D eigenvalue weighted by Gasteiger charge is -2.37. The molecule has 1 aliphatic rings. The maximum absolute atomic E-state index is 13.9. The molecule has 5 atom stereocenters. The molecule has 1 fully saturated rings. The van der Waals surface area contributed by atoms with E-state index in [1.807, 2.05) is 20.8 Å². The fraction of sp³-hybridized carbons (Fsp3) is 0.618. The largest absolute Gasteiger partial charge is 0.449 e. The van der Waals surface area contributed by atoms with E-state index in [0.29, 0.717) is 24.8 Å². The van der Waals surface area contributed by atoms with Gasteiger partial charge in [0.25, 0.3) is 5.91 Å². The topological polar surface area (TPSA) is 180 Å². The van der Waals surface area contributed by atoms with Gasteiger partial charge in [0, 0.05) is 6.04 Å². The molecule has 1 aliphatic heterocycles. The van der Waals surface area contributed by atoms with Crippen molar-refractivity contribution < 1.29 is 38.3 Å². The summed E-state index contributed by atoms with van der Waals surface area (Å²) in [5.41, 5.74) is -0.139. The summed E-state index contributed by atoms with van der Waals surface area (Å²) < 4.78 is 5.24. The lowest BCUT2D eigenvalue weighted by Crippen LogP contribution is -2.60. The molecule has 0 radical (unpaired) electrons. The number of amides is 5. The molecule has 4 N–H and O–H groups in total. The summed E-state index contributed by atoms with van der Waals surface area (Å²) in [4.78, 5) is 92.1. The monoisotopic (exact) mass is 657 g/mol. The van der Waals surface area contributed by atoms with E-state index < -0.39 is 71.6 Å². The molecular formula is C34H51N5O8. The zero-order valence-electron chi connectivity index (χ0n) is 28.8. The molecule has 0 aliphatic carbocycles. The first-order valence-electron chi connectivity index (χ1n) is 16.2. The van der Waals surface area contributed by atoms with Crippen molar-refractivity contribution in [3.63, 3.8) is 0 Å². The van der Waals surface area contributed by atoms with Crippen molar-refractivity contribution >= 4 is 41.3 Å². The second-order valence-electron chi connectivity index (χ2n) is 13.5. The standard InChI is InChI=1S/C34H51N5O8/c1-9-13-24(28(42)31(44)35-18-26(41)37-27(22(5)40)23-14-11-10-12-15-23)36-30(43)25-17-16-21(4)39(25)32(45)29(34(6,7)8)38-33(46)47-19-20(2)3/h10-12,14-15,20-21,24-25,27,29H,9,13,16-19H2,1-8H3,(H,35,44)(H,36,43)(H,37,41)(H,38,46). The molecule has 47 heavy (non-hydrogen) atoms.